The number of ether oxygens (including phenoxy) is 1. The number of nitrogens with one attached hydrogen (secondary N) is 1. The first-order valence-electron chi connectivity index (χ1n) is 8.59. The maximum atomic E-state index is 12.8. The Morgan fingerprint density at radius 3 is 2.54 bits per heavy atom. The zero-order valence-corrected chi connectivity index (χ0v) is 14.4. The Hall–Kier alpha value is -2.50. The standard InChI is InChI=1S/C20H20F3NO2/c1-13(26-18-10-9-14-5-2-3-6-15(14)11-18)19(25)24-17-8-4-7-16(12-17)20(21,22)23/h4,7-13H,2-3,5-6H2,1H3,(H,24,25)/t13-/m1/s1. The van der Waals surface area contributed by atoms with E-state index in [1.807, 2.05) is 18.2 Å². The first-order valence-corrected chi connectivity index (χ1v) is 8.59. The Morgan fingerprint density at radius 1 is 1.08 bits per heavy atom. The number of hydrogen-bond donors (Lipinski definition) is 1. The van der Waals surface area contributed by atoms with Crippen molar-refractivity contribution in [3.8, 4) is 5.75 Å². The van der Waals surface area contributed by atoms with Crippen LogP contribution >= 0.6 is 0 Å². The summed E-state index contributed by atoms with van der Waals surface area (Å²) in [6.07, 6.45) is -0.901. The monoisotopic (exact) mass is 363 g/mol. The maximum Gasteiger partial charge on any atom is 0.416 e. The van der Waals surface area contributed by atoms with Crippen molar-refractivity contribution in [2.45, 2.75) is 44.9 Å². The molecule has 26 heavy (non-hydrogen) atoms. The maximum absolute atomic E-state index is 12.8. The lowest BCUT2D eigenvalue weighted by Crippen LogP contribution is -2.30. The first-order chi connectivity index (χ1) is 12.3. The Labute approximate surface area is 150 Å². The summed E-state index contributed by atoms with van der Waals surface area (Å²) in [6.45, 7) is 1.57. The van der Waals surface area contributed by atoms with Gasteiger partial charge in [0.25, 0.3) is 5.91 Å². The first kappa shape index (κ1) is 18.3. The van der Waals surface area contributed by atoms with Gasteiger partial charge in [0, 0.05) is 5.69 Å². The fourth-order valence-corrected chi connectivity index (χ4v) is 3.06. The fraction of sp³-hybridized carbons (Fsp3) is 0.350. The number of alkyl halides is 3. The molecule has 1 N–H and O–H groups in total. The summed E-state index contributed by atoms with van der Waals surface area (Å²) >= 11 is 0. The highest BCUT2D eigenvalue weighted by atomic mass is 19.4. The van der Waals surface area contributed by atoms with Crippen LogP contribution < -0.4 is 10.1 Å². The van der Waals surface area contributed by atoms with Crippen molar-refractivity contribution in [1.82, 2.24) is 0 Å². The van der Waals surface area contributed by atoms with Gasteiger partial charge in [0.1, 0.15) is 5.75 Å². The van der Waals surface area contributed by atoms with E-state index < -0.39 is 23.8 Å². The third-order valence-electron chi connectivity index (χ3n) is 4.46. The minimum atomic E-state index is -4.45. The smallest absolute Gasteiger partial charge is 0.416 e. The van der Waals surface area contributed by atoms with Gasteiger partial charge < -0.3 is 10.1 Å². The van der Waals surface area contributed by atoms with Crippen molar-refractivity contribution in [2.75, 3.05) is 5.32 Å². The van der Waals surface area contributed by atoms with E-state index in [0.29, 0.717) is 5.75 Å². The average Bonchev–Trinajstić information content (AvgIpc) is 2.61. The largest absolute Gasteiger partial charge is 0.481 e. The van der Waals surface area contributed by atoms with Crippen LogP contribution in [-0.2, 0) is 23.8 Å². The second kappa shape index (κ2) is 7.40. The lowest BCUT2D eigenvalue weighted by molar-refractivity contribution is -0.137. The summed E-state index contributed by atoms with van der Waals surface area (Å²) in [5, 5.41) is 2.47. The number of fused-ring (bicyclic) bond motifs is 1. The molecule has 0 spiro atoms. The van der Waals surface area contributed by atoms with Crippen molar-refractivity contribution in [1.29, 1.82) is 0 Å². The molecule has 138 valence electrons. The van der Waals surface area contributed by atoms with Crippen LogP contribution in [0.4, 0.5) is 18.9 Å². The topological polar surface area (TPSA) is 38.3 Å². The van der Waals surface area contributed by atoms with Crippen molar-refractivity contribution < 1.29 is 22.7 Å². The van der Waals surface area contributed by atoms with Gasteiger partial charge in [0.2, 0.25) is 0 Å². The number of halogens is 3. The van der Waals surface area contributed by atoms with Crippen molar-refractivity contribution >= 4 is 11.6 Å². The molecule has 0 saturated carbocycles. The molecule has 6 heteroatoms. The zero-order chi connectivity index (χ0) is 18.7. The van der Waals surface area contributed by atoms with Gasteiger partial charge in [-0.15, -0.1) is 0 Å². The molecule has 2 aromatic rings. The minimum absolute atomic E-state index is 0.0886. The molecule has 1 aliphatic carbocycles. The van der Waals surface area contributed by atoms with Crippen molar-refractivity contribution in [2.24, 2.45) is 0 Å². The number of anilines is 1. The highest BCUT2D eigenvalue weighted by Crippen LogP contribution is 2.31. The molecule has 0 bridgehead atoms. The van der Waals surface area contributed by atoms with Gasteiger partial charge >= 0.3 is 6.18 Å². The van der Waals surface area contributed by atoms with E-state index in [1.54, 1.807) is 6.92 Å². The van der Waals surface area contributed by atoms with Gasteiger partial charge in [0.05, 0.1) is 5.56 Å². The van der Waals surface area contributed by atoms with Gasteiger partial charge in [-0.25, -0.2) is 0 Å². The van der Waals surface area contributed by atoms with Crippen LogP contribution in [-0.4, -0.2) is 12.0 Å². The molecule has 0 radical (unpaired) electrons. The minimum Gasteiger partial charge on any atom is -0.481 e. The SMILES string of the molecule is C[C@@H](Oc1ccc2c(c1)CCCC2)C(=O)Nc1cccc(C(F)(F)F)c1. The van der Waals surface area contributed by atoms with Crippen molar-refractivity contribution in [3.05, 3.63) is 59.2 Å². The highest BCUT2D eigenvalue weighted by Gasteiger charge is 2.30. The van der Waals surface area contributed by atoms with Gasteiger partial charge in [-0.2, -0.15) is 13.2 Å². The number of amides is 1. The highest BCUT2D eigenvalue weighted by molar-refractivity contribution is 5.94. The number of aryl methyl sites for hydroxylation is 2. The van der Waals surface area contributed by atoms with E-state index in [4.69, 9.17) is 4.74 Å². The van der Waals surface area contributed by atoms with Crippen LogP contribution in [0.3, 0.4) is 0 Å². The van der Waals surface area contributed by atoms with Gasteiger partial charge in [-0.05, 0) is 74.1 Å². The number of carbonyl (C=O) groups is 1. The van der Waals surface area contributed by atoms with Gasteiger partial charge in [-0.1, -0.05) is 12.1 Å². The Morgan fingerprint density at radius 2 is 1.81 bits per heavy atom. The molecule has 0 heterocycles. The quantitative estimate of drug-likeness (QED) is 0.831. The van der Waals surface area contributed by atoms with Crippen LogP contribution in [0.15, 0.2) is 42.5 Å². The average molecular weight is 363 g/mol. The summed E-state index contributed by atoms with van der Waals surface area (Å²) < 4.78 is 43.9. The van der Waals surface area contributed by atoms with Crippen LogP contribution in [0, 0.1) is 0 Å². The molecule has 0 unspecified atom stereocenters. The van der Waals surface area contributed by atoms with Crippen LogP contribution in [0.25, 0.3) is 0 Å². The summed E-state index contributed by atoms with van der Waals surface area (Å²) in [7, 11) is 0. The molecule has 0 saturated heterocycles. The summed E-state index contributed by atoms with van der Waals surface area (Å²) in [4.78, 5) is 12.2. The predicted octanol–water partition coefficient (Wildman–Crippen LogP) is 4.99. The summed E-state index contributed by atoms with van der Waals surface area (Å²) in [5.41, 5.74) is 1.83. The van der Waals surface area contributed by atoms with E-state index in [0.717, 1.165) is 31.4 Å². The number of rotatable bonds is 4. The normalized spacial score (nSPS) is 15.1. The van der Waals surface area contributed by atoms with E-state index >= 15 is 0 Å². The molecule has 0 aliphatic heterocycles. The van der Waals surface area contributed by atoms with Crippen molar-refractivity contribution in [3.63, 3.8) is 0 Å². The van der Waals surface area contributed by atoms with E-state index in [-0.39, 0.29) is 5.69 Å². The zero-order valence-electron chi connectivity index (χ0n) is 14.4. The number of hydrogen-bond acceptors (Lipinski definition) is 2. The fourth-order valence-electron chi connectivity index (χ4n) is 3.06. The third kappa shape index (κ3) is 4.36. The molecular formula is C20H20F3NO2. The summed E-state index contributed by atoms with van der Waals surface area (Å²) in [5.74, 6) is 0.0967. The second-order valence-corrected chi connectivity index (χ2v) is 6.47. The van der Waals surface area contributed by atoms with Gasteiger partial charge in [0.15, 0.2) is 6.10 Å². The second-order valence-electron chi connectivity index (χ2n) is 6.47. The lowest BCUT2D eigenvalue weighted by Gasteiger charge is -2.19. The Kier molecular flexibility index (Phi) is 5.20. The molecule has 1 aliphatic rings. The molecule has 1 amide bonds. The van der Waals surface area contributed by atoms with Gasteiger partial charge in [-0.3, -0.25) is 4.79 Å². The molecule has 1 atom stereocenters. The van der Waals surface area contributed by atoms with E-state index in [9.17, 15) is 18.0 Å². The van der Waals surface area contributed by atoms with Crippen LogP contribution in [0.1, 0.15) is 36.5 Å². The van der Waals surface area contributed by atoms with Crippen LogP contribution in [0.2, 0.25) is 0 Å². The Balaban J connectivity index is 1.65. The van der Waals surface area contributed by atoms with E-state index in [1.165, 1.54) is 29.7 Å². The molecule has 3 rings (SSSR count). The molecule has 2 aromatic carbocycles. The lowest BCUT2D eigenvalue weighted by atomic mass is 9.92. The van der Waals surface area contributed by atoms with E-state index in [2.05, 4.69) is 5.32 Å². The summed E-state index contributed by atoms with van der Waals surface area (Å²) in [6, 6.07) is 10.3. The number of carbonyl (C=O) groups excluding carboxylic acids is 1. The molecule has 0 fully saturated rings. The predicted molar refractivity (Wildman–Crippen MR) is 93.2 cm³/mol. The molecular weight excluding hydrogens is 343 g/mol. The third-order valence-corrected chi connectivity index (χ3v) is 4.46. The van der Waals surface area contributed by atoms with Crippen LogP contribution in [0.5, 0.6) is 5.75 Å². The molecule has 0 aromatic heterocycles. The Bertz CT molecular complexity index is 802. The number of benzene rings is 2. The molecule has 3 nitrogen and oxygen atoms in total.